The van der Waals surface area contributed by atoms with Gasteiger partial charge in [-0.15, -0.1) is 11.8 Å². The van der Waals surface area contributed by atoms with Crippen molar-refractivity contribution in [2.75, 3.05) is 25.4 Å². The fraction of sp³-hybridized carbons (Fsp3) is 0.294. The third-order valence-corrected chi connectivity index (χ3v) is 4.74. The molecule has 5 heteroatoms. The molecule has 22 heavy (non-hydrogen) atoms. The first-order chi connectivity index (χ1) is 10.8. The summed E-state index contributed by atoms with van der Waals surface area (Å²) in [4.78, 5) is 19.9. The first-order valence-corrected chi connectivity index (χ1v) is 8.41. The molecule has 1 atom stereocenters. The lowest BCUT2D eigenvalue weighted by atomic mass is 10.1. The van der Waals surface area contributed by atoms with Crippen LogP contribution in [0.15, 0.2) is 59.8 Å². The van der Waals surface area contributed by atoms with Gasteiger partial charge >= 0.3 is 0 Å². The van der Waals surface area contributed by atoms with E-state index in [1.54, 1.807) is 18.0 Å². The molecule has 1 aromatic carbocycles. The molecule has 2 aromatic rings. The van der Waals surface area contributed by atoms with E-state index < -0.39 is 0 Å². The van der Waals surface area contributed by atoms with Crippen molar-refractivity contribution in [2.24, 2.45) is 0 Å². The predicted molar refractivity (Wildman–Crippen MR) is 88.7 cm³/mol. The molecule has 2 heterocycles. The van der Waals surface area contributed by atoms with Crippen LogP contribution in [0.3, 0.4) is 0 Å². The van der Waals surface area contributed by atoms with E-state index in [0.717, 1.165) is 30.1 Å². The third kappa shape index (κ3) is 3.67. The van der Waals surface area contributed by atoms with Gasteiger partial charge in [0.1, 0.15) is 0 Å². The van der Waals surface area contributed by atoms with Gasteiger partial charge in [0.25, 0.3) is 0 Å². The molecule has 1 saturated heterocycles. The van der Waals surface area contributed by atoms with E-state index in [4.69, 9.17) is 0 Å². The van der Waals surface area contributed by atoms with Crippen molar-refractivity contribution in [1.82, 2.24) is 15.2 Å². The van der Waals surface area contributed by atoms with Crippen LogP contribution in [0.5, 0.6) is 0 Å². The van der Waals surface area contributed by atoms with Crippen LogP contribution in [-0.2, 0) is 4.79 Å². The fourth-order valence-corrected chi connectivity index (χ4v) is 3.42. The number of thioether (sulfide) groups is 1. The van der Waals surface area contributed by atoms with Crippen LogP contribution >= 0.6 is 11.8 Å². The Balaban J connectivity index is 1.66. The number of carbonyl (C=O) groups excluding carboxylic acids is 1. The van der Waals surface area contributed by atoms with Crippen molar-refractivity contribution >= 4 is 17.7 Å². The van der Waals surface area contributed by atoms with E-state index in [2.05, 4.69) is 10.3 Å². The molecule has 1 aliphatic rings. The van der Waals surface area contributed by atoms with Gasteiger partial charge in [0.2, 0.25) is 5.91 Å². The fourth-order valence-electron chi connectivity index (χ4n) is 2.62. The lowest BCUT2D eigenvalue weighted by Gasteiger charge is -2.36. The van der Waals surface area contributed by atoms with Gasteiger partial charge < -0.3 is 10.2 Å². The Morgan fingerprint density at radius 2 is 2.14 bits per heavy atom. The number of carbonyl (C=O) groups is 1. The quantitative estimate of drug-likeness (QED) is 0.880. The molecule has 1 fully saturated rings. The summed E-state index contributed by atoms with van der Waals surface area (Å²) < 4.78 is 0. The van der Waals surface area contributed by atoms with Crippen LogP contribution in [0.25, 0.3) is 0 Å². The smallest absolute Gasteiger partial charge is 0.233 e. The molecule has 0 bridgehead atoms. The normalized spacial score (nSPS) is 18.2. The number of nitrogens with one attached hydrogen (secondary N) is 1. The highest BCUT2D eigenvalue weighted by Crippen LogP contribution is 2.24. The van der Waals surface area contributed by atoms with E-state index in [1.807, 2.05) is 53.6 Å². The average Bonchev–Trinajstić information content (AvgIpc) is 2.61. The standard InChI is InChI=1S/C17H19N3OS/c21-17(13-22-15-6-2-1-3-7-15)20-10-9-19-12-16(20)14-5-4-8-18-11-14/h1-8,11,16,19H,9-10,12-13H2. The summed E-state index contributed by atoms with van der Waals surface area (Å²) in [6.07, 6.45) is 3.61. The Bertz CT molecular complexity index is 606. The minimum atomic E-state index is 0.0753. The number of pyridine rings is 1. The molecule has 0 aliphatic carbocycles. The zero-order valence-electron chi connectivity index (χ0n) is 12.3. The summed E-state index contributed by atoms with van der Waals surface area (Å²) in [5.41, 5.74) is 1.09. The summed E-state index contributed by atoms with van der Waals surface area (Å²) >= 11 is 1.59. The van der Waals surface area contributed by atoms with E-state index in [0.29, 0.717) is 5.75 Å². The number of hydrogen-bond acceptors (Lipinski definition) is 4. The number of nitrogens with zero attached hydrogens (tertiary/aromatic N) is 2. The summed E-state index contributed by atoms with van der Waals surface area (Å²) in [6, 6.07) is 14.1. The first-order valence-electron chi connectivity index (χ1n) is 7.42. The second kappa shape index (κ2) is 7.42. The molecule has 1 aromatic heterocycles. The maximum absolute atomic E-state index is 12.6. The number of rotatable bonds is 4. The molecule has 1 unspecified atom stereocenters. The maximum atomic E-state index is 12.6. The molecule has 0 radical (unpaired) electrons. The van der Waals surface area contributed by atoms with Gasteiger partial charge in [-0.05, 0) is 23.8 Å². The Morgan fingerprint density at radius 3 is 2.91 bits per heavy atom. The van der Waals surface area contributed by atoms with Crippen molar-refractivity contribution in [1.29, 1.82) is 0 Å². The van der Waals surface area contributed by atoms with Gasteiger partial charge in [-0.1, -0.05) is 24.3 Å². The number of aromatic nitrogens is 1. The molecule has 0 saturated carbocycles. The predicted octanol–water partition coefficient (Wildman–Crippen LogP) is 2.35. The van der Waals surface area contributed by atoms with Crippen LogP contribution in [0.1, 0.15) is 11.6 Å². The molecule has 3 rings (SSSR count). The number of benzene rings is 1. The third-order valence-electron chi connectivity index (χ3n) is 3.74. The zero-order valence-corrected chi connectivity index (χ0v) is 13.1. The summed E-state index contributed by atoms with van der Waals surface area (Å²) in [6.45, 7) is 2.37. The van der Waals surface area contributed by atoms with Crippen molar-refractivity contribution < 1.29 is 4.79 Å². The topological polar surface area (TPSA) is 45.2 Å². The Labute approximate surface area is 134 Å². The summed E-state index contributed by atoms with van der Waals surface area (Å²) in [5, 5.41) is 3.36. The molecular weight excluding hydrogens is 294 g/mol. The van der Waals surface area contributed by atoms with Crippen LogP contribution < -0.4 is 5.32 Å². The van der Waals surface area contributed by atoms with E-state index in [9.17, 15) is 4.79 Å². The second-order valence-electron chi connectivity index (χ2n) is 5.20. The highest BCUT2D eigenvalue weighted by molar-refractivity contribution is 8.00. The lowest BCUT2D eigenvalue weighted by Crippen LogP contribution is -2.49. The van der Waals surface area contributed by atoms with Gasteiger partial charge in [0.15, 0.2) is 0 Å². The van der Waals surface area contributed by atoms with Crippen LogP contribution in [0.2, 0.25) is 0 Å². The highest BCUT2D eigenvalue weighted by Gasteiger charge is 2.27. The minimum Gasteiger partial charge on any atom is -0.332 e. The first kappa shape index (κ1) is 15.1. The van der Waals surface area contributed by atoms with Crippen LogP contribution in [-0.4, -0.2) is 41.2 Å². The van der Waals surface area contributed by atoms with Gasteiger partial charge in [0, 0.05) is 36.9 Å². The Kier molecular flexibility index (Phi) is 5.08. The molecule has 1 amide bonds. The second-order valence-corrected chi connectivity index (χ2v) is 6.24. The van der Waals surface area contributed by atoms with Crippen molar-refractivity contribution in [3.05, 3.63) is 60.4 Å². The molecule has 1 aliphatic heterocycles. The molecule has 0 spiro atoms. The minimum absolute atomic E-state index is 0.0753. The van der Waals surface area contributed by atoms with Crippen molar-refractivity contribution in [2.45, 2.75) is 10.9 Å². The Hall–Kier alpha value is -1.85. The van der Waals surface area contributed by atoms with Crippen LogP contribution in [0, 0.1) is 0 Å². The zero-order chi connectivity index (χ0) is 15.2. The SMILES string of the molecule is O=C(CSc1ccccc1)N1CCNCC1c1cccnc1. The van der Waals surface area contributed by atoms with Gasteiger partial charge in [-0.2, -0.15) is 0 Å². The molecule has 114 valence electrons. The van der Waals surface area contributed by atoms with Gasteiger partial charge in [0.05, 0.1) is 11.8 Å². The largest absolute Gasteiger partial charge is 0.332 e. The maximum Gasteiger partial charge on any atom is 0.233 e. The van der Waals surface area contributed by atoms with Crippen LogP contribution in [0.4, 0.5) is 0 Å². The number of amides is 1. The lowest BCUT2D eigenvalue weighted by molar-refractivity contribution is -0.131. The van der Waals surface area contributed by atoms with E-state index in [1.165, 1.54) is 0 Å². The molecule has 4 nitrogen and oxygen atoms in total. The number of piperazine rings is 1. The van der Waals surface area contributed by atoms with E-state index >= 15 is 0 Å². The van der Waals surface area contributed by atoms with Gasteiger partial charge in [-0.3, -0.25) is 9.78 Å². The molecular formula is C17H19N3OS. The monoisotopic (exact) mass is 313 g/mol. The summed E-state index contributed by atoms with van der Waals surface area (Å²) in [7, 11) is 0. The molecule has 1 N–H and O–H groups in total. The highest BCUT2D eigenvalue weighted by atomic mass is 32.2. The van der Waals surface area contributed by atoms with Crippen molar-refractivity contribution in [3.8, 4) is 0 Å². The van der Waals surface area contributed by atoms with Crippen molar-refractivity contribution in [3.63, 3.8) is 0 Å². The van der Waals surface area contributed by atoms with Gasteiger partial charge in [-0.25, -0.2) is 0 Å². The number of hydrogen-bond donors (Lipinski definition) is 1. The summed E-state index contributed by atoms with van der Waals surface area (Å²) in [5.74, 6) is 0.657. The average molecular weight is 313 g/mol. The van der Waals surface area contributed by atoms with E-state index in [-0.39, 0.29) is 11.9 Å². The Morgan fingerprint density at radius 1 is 1.27 bits per heavy atom.